The molecule has 15 heavy (non-hydrogen) atoms. The van der Waals surface area contributed by atoms with Gasteiger partial charge in [-0.15, -0.1) is 0 Å². The third-order valence-corrected chi connectivity index (χ3v) is 2.06. The molecule has 2 aromatic rings. The summed E-state index contributed by atoms with van der Waals surface area (Å²) in [6.07, 6.45) is 6.68. The van der Waals surface area contributed by atoms with Crippen molar-refractivity contribution < 1.29 is 13.3 Å². The third-order valence-electron chi connectivity index (χ3n) is 2.06. The maximum Gasteiger partial charge on any atom is 0.187 e. The zero-order valence-electron chi connectivity index (χ0n) is 7.90. The van der Waals surface area contributed by atoms with Crippen LogP contribution in [0.3, 0.4) is 0 Å². The molecule has 0 saturated carbocycles. The van der Waals surface area contributed by atoms with Crippen molar-refractivity contribution in [1.82, 2.24) is 4.98 Å². The average molecular weight is 207 g/mol. The van der Waals surface area contributed by atoms with Crippen molar-refractivity contribution in [2.24, 2.45) is 0 Å². The molecule has 0 aliphatic rings. The lowest BCUT2D eigenvalue weighted by molar-refractivity contribution is -0.689. The molecular weight excluding hydrogens is 198 g/mol. The molecular formula is C11H9F2N2+. The van der Waals surface area contributed by atoms with Gasteiger partial charge in [0, 0.05) is 6.07 Å². The van der Waals surface area contributed by atoms with E-state index in [0.717, 1.165) is 6.07 Å². The van der Waals surface area contributed by atoms with E-state index in [2.05, 4.69) is 4.98 Å². The molecule has 0 spiro atoms. The summed E-state index contributed by atoms with van der Waals surface area (Å²) in [5.74, 6) is -1.09. The van der Waals surface area contributed by atoms with Gasteiger partial charge in [0.25, 0.3) is 0 Å². The van der Waals surface area contributed by atoms with E-state index >= 15 is 0 Å². The maximum absolute atomic E-state index is 13.3. The molecule has 76 valence electrons. The minimum Gasteiger partial charge on any atom is -0.252 e. The molecule has 1 aromatic carbocycles. The summed E-state index contributed by atoms with van der Waals surface area (Å²) >= 11 is 0. The number of rotatable bonds is 2. The second kappa shape index (κ2) is 4.13. The smallest absolute Gasteiger partial charge is 0.187 e. The lowest BCUT2D eigenvalue weighted by Crippen LogP contribution is -2.33. The zero-order valence-corrected chi connectivity index (χ0v) is 7.90. The standard InChI is InChI=1S/C11H9F2N2/c12-10-2-1-9(11(13)7-10)8-15-5-3-14-4-6-15/h1-7H,8H2/q+1. The third kappa shape index (κ3) is 2.34. The Labute approximate surface area is 85.8 Å². The van der Waals surface area contributed by atoms with E-state index in [4.69, 9.17) is 0 Å². The van der Waals surface area contributed by atoms with E-state index in [-0.39, 0.29) is 0 Å². The van der Waals surface area contributed by atoms with Crippen LogP contribution in [0, 0.1) is 11.6 Å². The topological polar surface area (TPSA) is 16.8 Å². The maximum atomic E-state index is 13.3. The Kier molecular flexibility index (Phi) is 2.67. The monoisotopic (exact) mass is 207 g/mol. The zero-order chi connectivity index (χ0) is 10.7. The van der Waals surface area contributed by atoms with Gasteiger partial charge in [-0.25, -0.2) is 8.78 Å². The highest BCUT2D eigenvalue weighted by Crippen LogP contribution is 2.08. The number of hydrogen-bond acceptors (Lipinski definition) is 1. The van der Waals surface area contributed by atoms with Crippen LogP contribution in [0.15, 0.2) is 43.0 Å². The highest BCUT2D eigenvalue weighted by Gasteiger charge is 2.08. The van der Waals surface area contributed by atoms with Gasteiger partial charge in [-0.3, -0.25) is 4.98 Å². The fraction of sp³-hybridized carbons (Fsp3) is 0.0909. The van der Waals surface area contributed by atoms with Crippen molar-refractivity contribution >= 4 is 0 Å². The summed E-state index contributed by atoms with van der Waals surface area (Å²) < 4.78 is 27.7. The van der Waals surface area contributed by atoms with Crippen molar-refractivity contribution in [2.75, 3.05) is 0 Å². The highest BCUT2D eigenvalue weighted by molar-refractivity contribution is 5.17. The first-order valence-electron chi connectivity index (χ1n) is 4.49. The second-order valence-electron chi connectivity index (χ2n) is 3.15. The van der Waals surface area contributed by atoms with E-state index in [0.29, 0.717) is 12.1 Å². The van der Waals surface area contributed by atoms with Crippen LogP contribution in [-0.4, -0.2) is 4.98 Å². The van der Waals surface area contributed by atoms with Gasteiger partial charge in [-0.05, 0) is 12.1 Å². The van der Waals surface area contributed by atoms with E-state index in [9.17, 15) is 8.78 Å². The Morgan fingerprint density at radius 3 is 2.53 bits per heavy atom. The summed E-state index contributed by atoms with van der Waals surface area (Å²) in [4.78, 5) is 3.85. The first-order chi connectivity index (χ1) is 7.25. The molecule has 0 aliphatic carbocycles. The quantitative estimate of drug-likeness (QED) is 0.685. The first kappa shape index (κ1) is 9.71. The predicted molar refractivity (Wildman–Crippen MR) is 49.9 cm³/mol. The number of halogens is 2. The van der Waals surface area contributed by atoms with Crippen molar-refractivity contribution in [3.63, 3.8) is 0 Å². The summed E-state index contributed by atoms with van der Waals surface area (Å²) in [6, 6.07) is 3.58. The Bertz CT molecular complexity index is 457. The minimum absolute atomic E-state index is 0.370. The van der Waals surface area contributed by atoms with Gasteiger partial charge in [-0.1, -0.05) is 0 Å². The number of nitrogens with zero attached hydrogens (tertiary/aromatic N) is 2. The van der Waals surface area contributed by atoms with E-state index < -0.39 is 11.6 Å². The molecule has 1 heterocycles. The number of hydrogen-bond donors (Lipinski definition) is 0. The largest absolute Gasteiger partial charge is 0.252 e. The molecule has 0 atom stereocenters. The molecule has 1 aromatic heterocycles. The fourth-order valence-electron chi connectivity index (χ4n) is 1.30. The molecule has 0 saturated heterocycles. The normalized spacial score (nSPS) is 10.3. The predicted octanol–water partition coefficient (Wildman–Crippen LogP) is 1.70. The minimum atomic E-state index is -0.559. The van der Waals surface area contributed by atoms with Gasteiger partial charge in [0.15, 0.2) is 18.9 Å². The Balaban J connectivity index is 2.25. The summed E-state index contributed by atoms with van der Waals surface area (Å²) in [5.41, 5.74) is 0.451. The summed E-state index contributed by atoms with van der Waals surface area (Å²) in [6.45, 7) is 0.370. The molecule has 0 amide bonds. The van der Waals surface area contributed by atoms with Crippen LogP contribution in [0.1, 0.15) is 5.56 Å². The Morgan fingerprint density at radius 1 is 1.13 bits per heavy atom. The highest BCUT2D eigenvalue weighted by atomic mass is 19.1. The van der Waals surface area contributed by atoms with Gasteiger partial charge in [-0.2, -0.15) is 4.57 Å². The summed E-state index contributed by atoms with van der Waals surface area (Å²) in [7, 11) is 0. The van der Waals surface area contributed by atoms with Crippen LogP contribution in [0.2, 0.25) is 0 Å². The van der Waals surface area contributed by atoms with Crippen LogP contribution in [0.5, 0.6) is 0 Å². The summed E-state index contributed by atoms with van der Waals surface area (Å²) in [5, 5.41) is 0. The molecule has 0 bridgehead atoms. The molecule has 0 N–H and O–H groups in total. The van der Waals surface area contributed by atoms with Gasteiger partial charge in [0.05, 0.1) is 18.0 Å². The molecule has 0 unspecified atom stereocenters. The lowest BCUT2D eigenvalue weighted by atomic mass is 10.2. The average Bonchev–Trinajstić information content (AvgIpc) is 2.24. The molecule has 0 radical (unpaired) electrons. The van der Waals surface area contributed by atoms with Crippen molar-refractivity contribution in [3.05, 3.63) is 60.2 Å². The van der Waals surface area contributed by atoms with Gasteiger partial charge < -0.3 is 0 Å². The van der Waals surface area contributed by atoms with Crippen LogP contribution in [0.25, 0.3) is 0 Å². The van der Waals surface area contributed by atoms with E-state index in [1.54, 1.807) is 29.4 Å². The van der Waals surface area contributed by atoms with Gasteiger partial charge in [0.1, 0.15) is 11.6 Å². The fourth-order valence-corrected chi connectivity index (χ4v) is 1.30. The van der Waals surface area contributed by atoms with Gasteiger partial charge >= 0.3 is 0 Å². The Hall–Kier alpha value is -1.84. The van der Waals surface area contributed by atoms with Crippen LogP contribution in [-0.2, 0) is 6.54 Å². The van der Waals surface area contributed by atoms with Crippen molar-refractivity contribution in [1.29, 1.82) is 0 Å². The first-order valence-corrected chi connectivity index (χ1v) is 4.49. The number of benzene rings is 1. The van der Waals surface area contributed by atoms with E-state index in [1.165, 1.54) is 12.1 Å². The van der Waals surface area contributed by atoms with Gasteiger partial charge in [0.2, 0.25) is 0 Å². The molecule has 2 rings (SSSR count). The molecule has 0 fully saturated rings. The molecule has 4 heteroatoms. The van der Waals surface area contributed by atoms with Crippen LogP contribution < -0.4 is 4.57 Å². The van der Waals surface area contributed by atoms with E-state index in [1.807, 2.05) is 0 Å². The van der Waals surface area contributed by atoms with Crippen LogP contribution >= 0.6 is 0 Å². The van der Waals surface area contributed by atoms with Crippen molar-refractivity contribution in [2.45, 2.75) is 6.54 Å². The molecule has 0 aliphatic heterocycles. The Morgan fingerprint density at radius 2 is 1.87 bits per heavy atom. The van der Waals surface area contributed by atoms with Crippen molar-refractivity contribution in [3.8, 4) is 0 Å². The lowest BCUT2D eigenvalue weighted by Gasteiger charge is -1.99. The second-order valence-corrected chi connectivity index (χ2v) is 3.15. The molecule has 2 nitrogen and oxygen atoms in total. The van der Waals surface area contributed by atoms with Crippen LogP contribution in [0.4, 0.5) is 8.78 Å². The number of aromatic nitrogens is 2. The SMILES string of the molecule is Fc1ccc(C[n+]2ccncc2)c(F)c1.